The number of halogens is 1. The van der Waals surface area contributed by atoms with E-state index in [1.807, 2.05) is 0 Å². The summed E-state index contributed by atoms with van der Waals surface area (Å²) in [6, 6.07) is 10.9. The average molecular weight is 335 g/mol. The van der Waals surface area contributed by atoms with E-state index >= 15 is 0 Å². The Bertz CT molecular complexity index is 699. The van der Waals surface area contributed by atoms with Crippen molar-refractivity contribution >= 4 is 38.2 Å². The quantitative estimate of drug-likeness (QED) is 0.767. The number of nitrogens with two attached hydrogens (primary N) is 1. The molecule has 2 nitrogen and oxygen atoms in total. The molecule has 0 aliphatic carbocycles. The maximum atomic E-state index is 5.64. The van der Waals surface area contributed by atoms with Gasteiger partial charge in [0.1, 0.15) is 0 Å². The summed E-state index contributed by atoms with van der Waals surface area (Å²) < 4.78 is 3.49. The van der Waals surface area contributed by atoms with E-state index < -0.39 is 0 Å². The largest absolute Gasteiger partial charge is 0.342 e. The Morgan fingerprint density at radius 3 is 2.84 bits per heavy atom. The molecule has 2 heterocycles. The number of nitrogens with zero attached hydrogens (tertiary/aromatic N) is 1. The minimum absolute atomic E-state index is 0.697. The van der Waals surface area contributed by atoms with Crippen molar-refractivity contribution in [1.82, 2.24) is 4.57 Å². The molecule has 1 aromatic carbocycles. The smallest absolute Gasteiger partial charge is 0.0580 e. The number of fused-ring (bicyclic) bond motifs is 1. The van der Waals surface area contributed by atoms with E-state index in [9.17, 15) is 0 Å². The molecule has 3 rings (SSSR count). The molecular formula is C15H15BrN2S. The summed E-state index contributed by atoms with van der Waals surface area (Å²) in [5, 5.41) is 3.40. The Labute approximate surface area is 125 Å². The van der Waals surface area contributed by atoms with E-state index in [0.29, 0.717) is 6.54 Å². The van der Waals surface area contributed by atoms with Crippen LogP contribution in [0.15, 0.2) is 46.4 Å². The molecule has 3 aromatic rings. The van der Waals surface area contributed by atoms with E-state index in [-0.39, 0.29) is 0 Å². The fourth-order valence-electron chi connectivity index (χ4n) is 2.28. The summed E-state index contributed by atoms with van der Waals surface area (Å²) >= 11 is 5.38. The molecule has 19 heavy (non-hydrogen) atoms. The first-order valence-electron chi connectivity index (χ1n) is 6.27. The van der Waals surface area contributed by atoms with Gasteiger partial charge >= 0.3 is 0 Å². The zero-order valence-electron chi connectivity index (χ0n) is 10.5. The zero-order valence-corrected chi connectivity index (χ0v) is 12.9. The predicted octanol–water partition coefficient (Wildman–Crippen LogP) is 4.01. The molecule has 0 saturated carbocycles. The molecule has 98 valence electrons. The predicted molar refractivity (Wildman–Crippen MR) is 85.8 cm³/mol. The minimum atomic E-state index is 0.697. The van der Waals surface area contributed by atoms with Crippen molar-refractivity contribution in [3.05, 3.63) is 56.8 Å². The molecule has 0 aliphatic rings. The van der Waals surface area contributed by atoms with Crippen LogP contribution in [0.2, 0.25) is 0 Å². The van der Waals surface area contributed by atoms with Crippen molar-refractivity contribution in [1.29, 1.82) is 0 Å². The maximum absolute atomic E-state index is 5.64. The molecule has 0 aliphatic heterocycles. The van der Waals surface area contributed by atoms with Crippen molar-refractivity contribution in [3.8, 4) is 0 Å². The number of rotatable bonds is 4. The van der Waals surface area contributed by atoms with Gasteiger partial charge in [-0.05, 0) is 63.4 Å². The molecular weight excluding hydrogens is 320 g/mol. The monoisotopic (exact) mass is 334 g/mol. The van der Waals surface area contributed by atoms with Gasteiger partial charge in [0.15, 0.2) is 0 Å². The summed E-state index contributed by atoms with van der Waals surface area (Å²) in [5.74, 6) is 0. The molecule has 0 unspecified atom stereocenters. The van der Waals surface area contributed by atoms with Crippen LogP contribution in [0, 0.1) is 0 Å². The Morgan fingerprint density at radius 2 is 2.11 bits per heavy atom. The van der Waals surface area contributed by atoms with Gasteiger partial charge in [0.2, 0.25) is 0 Å². The fraction of sp³-hybridized carbons (Fsp3) is 0.200. The second-order valence-electron chi connectivity index (χ2n) is 4.57. The van der Waals surface area contributed by atoms with Gasteiger partial charge in [0, 0.05) is 21.1 Å². The van der Waals surface area contributed by atoms with Crippen LogP contribution in [0.4, 0.5) is 0 Å². The summed E-state index contributed by atoms with van der Waals surface area (Å²) in [6.07, 6.45) is 3.09. The summed E-state index contributed by atoms with van der Waals surface area (Å²) in [6.45, 7) is 1.61. The number of hydrogen-bond acceptors (Lipinski definition) is 2. The van der Waals surface area contributed by atoms with Crippen molar-refractivity contribution in [3.63, 3.8) is 0 Å². The van der Waals surface area contributed by atoms with E-state index in [4.69, 9.17) is 5.73 Å². The van der Waals surface area contributed by atoms with Gasteiger partial charge < -0.3 is 10.3 Å². The highest BCUT2D eigenvalue weighted by molar-refractivity contribution is 9.10. The Hall–Kier alpha value is -1.10. The van der Waals surface area contributed by atoms with Gasteiger partial charge in [-0.25, -0.2) is 0 Å². The summed E-state index contributed by atoms with van der Waals surface area (Å²) in [4.78, 5) is 1.35. The first kappa shape index (κ1) is 12.9. The first-order valence-corrected chi connectivity index (χ1v) is 7.95. The Balaban J connectivity index is 1.99. The number of thiophene rings is 1. The van der Waals surface area contributed by atoms with Crippen LogP contribution in [0.3, 0.4) is 0 Å². The maximum Gasteiger partial charge on any atom is 0.0580 e. The third-order valence-electron chi connectivity index (χ3n) is 3.28. The second-order valence-corrected chi connectivity index (χ2v) is 6.42. The van der Waals surface area contributed by atoms with E-state index in [2.05, 4.69) is 62.4 Å². The van der Waals surface area contributed by atoms with Gasteiger partial charge in [-0.2, -0.15) is 0 Å². The fourth-order valence-corrected chi connectivity index (χ4v) is 3.76. The Kier molecular flexibility index (Phi) is 3.73. The molecule has 0 radical (unpaired) electrons. The molecule has 4 heteroatoms. The summed E-state index contributed by atoms with van der Waals surface area (Å²) in [7, 11) is 0. The van der Waals surface area contributed by atoms with Gasteiger partial charge in [0.25, 0.3) is 0 Å². The highest BCUT2D eigenvalue weighted by atomic mass is 79.9. The highest BCUT2D eigenvalue weighted by Gasteiger charge is 2.06. The SMILES string of the molecule is NCCc1ccc2ccn(Cc3sccc3Br)c2c1. The van der Waals surface area contributed by atoms with E-state index in [1.165, 1.54) is 25.8 Å². The molecule has 2 N–H and O–H groups in total. The van der Waals surface area contributed by atoms with Gasteiger partial charge in [-0.1, -0.05) is 12.1 Å². The number of hydrogen-bond donors (Lipinski definition) is 1. The van der Waals surface area contributed by atoms with Crippen LogP contribution in [0.1, 0.15) is 10.4 Å². The molecule has 0 amide bonds. The van der Waals surface area contributed by atoms with Crippen LogP contribution < -0.4 is 5.73 Å². The van der Waals surface area contributed by atoms with Crippen LogP contribution in [0.5, 0.6) is 0 Å². The molecule has 0 saturated heterocycles. The van der Waals surface area contributed by atoms with E-state index in [0.717, 1.165) is 13.0 Å². The van der Waals surface area contributed by atoms with Crippen LogP contribution in [-0.2, 0) is 13.0 Å². The van der Waals surface area contributed by atoms with Gasteiger partial charge in [0.05, 0.1) is 6.54 Å². The van der Waals surface area contributed by atoms with E-state index in [1.54, 1.807) is 11.3 Å². The molecule has 0 atom stereocenters. The average Bonchev–Trinajstić information content (AvgIpc) is 2.98. The third-order valence-corrected chi connectivity index (χ3v) is 5.19. The van der Waals surface area contributed by atoms with Crippen molar-refractivity contribution in [2.75, 3.05) is 6.54 Å². The number of aromatic nitrogens is 1. The zero-order chi connectivity index (χ0) is 13.2. The highest BCUT2D eigenvalue weighted by Crippen LogP contribution is 2.26. The Morgan fingerprint density at radius 1 is 1.21 bits per heavy atom. The van der Waals surface area contributed by atoms with Crippen molar-refractivity contribution in [2.45, 2.75) is 13.0 Å². The minimum Gasteiger partial charge on any atom is -0.342 e. The standard InChI is InChI=1S/C15H15BrN2S/c16-13-5-8-19-15(13)10-18-7-4-12-2-1-11(3-6-17)9-14(12)18/h1-2,4-5,7-9H,3,6,10,17H2. The normalized spacial score (nSPS) is 11.3. The lowest BCUT2D eigenvalue weighted by Crippen LogP contribution is -2.03. The van der Waals surface area contributed by atoms with Gasteiger partial charge in [-0.15, -0.1) is 11.3 Å². The molecule has 2 aromatic heterocycles. The summed E-state index contributed by atoms with van der Waals surface area (Å²) in [5.41, 5.74) is 8.23. The molecule has 0 fully saturated rings. The van der Waals surface area contributed by atoms with Crippen LogP contribution in [-0.4, -0.2) is 11.1 Å². The lowest BCUT2D eigenvalue weighted by atomic mass is 10.1. The second kappa shape index (κ2) is 5.49. The first-order chi connectivity index (χ1) is 9.28. The van der Waals surface area contributed by atoms with Crippen molar-refractivity contribution in [2.24, 2.45) is 5.73 Å². The van der Waals surface area contributed by atoms with Gasteiger partial charge in [-0.3, -0.25) is 0 Å². The lowest BCUT2D eigenvalue weighted by molar-refractivity contribution is 0.847. The van der Waals surface area contributed by atoms with Crippen molar-refractivity contribution < 1.29 is 0 Å². The third kappa shape index (κ3) is 2.61. The number of benzene rings is 1. The lowest BCUT2D eigenvalue weighted by Gasteiger charge is -2.06. The topological polar surface area (TPSA) is 30.9 Å². The van der Waals surface area contributed by atoms with Crippen LogP contribution >= 0.6 is 27.3 Å². The molecule has 0 bridgehead atoms. The molecule has 0 spiro atoms. The van der Waals surface area contributed by atoms with Crippen LogP contribution in [0.25, 0.3) is 10.9 Å².